The highest BCUT2D eigenvalue weighted by Crippen LogP contribution is 2.38. The van der Waals surface area contributed by atoms with E-state index in [0.29, 0.717) is 44.7 Å². The Kier molecular flexibility index (Phi) is 8.75. The number of ether oxygens (including phenoxy) is 2. The third kappa shape index (κ3) is 6.17. The Bertz CT molecular complexity index is 1550. The molecule has 1 saturated heterocycles. The zero-order valence-electron chi connectivity index (χ0n) is 21.3. The largest absolute Gasteiger partial charge is 0.493 e. The number of carbonyl (C=O) groups excluding carboxylic acids is 3. The Morgan fingerprint density at radius 1 is 1.07 bits per heavy atom. The SMILES string of the molecule is COc1cc(/C=C2\SC(=O)N(CC(=O)N3CCc4ccccc4C3)C2=O)c(Br)cc1OCc1ccc(Cl)cc1Cl. The maximum Gasteiger partial charge on any atom is 0.294 e. The van der Waals surface area contributed by atoms with Crippen LogP contribution in [0.2, 0.25) is 10.0 Å². The maximum absolute atomic E-state index is 13.1. The van der Waals surface area contributed by atoms with Gasteiger partial charge in [-0.3, -0.25) is 19.3 Å². The van der Waals surface area contributed by atoms with Crippen LogP contribution in [0.1, 0.15) is 22.3 Å². The second-order valence-corrected chi connectivity index (χ2v) is 11.8. The fraction of sp³-hybridized carbons (Fsp3) is 0.207. The number of imide groups is 1. The van der Waals surface area contributed by atoms with Crippen LogP contribution < -0.4 is 9.47 Å². The normalized spacial score (nSPS) is 15.9. The van der Waals surface area contributed by atoms with Crippen LogP contribution in [0.25, 0.3) is 6.08 Å². The summed E-state index contributed by atoms with van der Waals surface area (Å²) in [5, 5.41) is 0.538. The number of methoxy groups -OCH3 is 1. The van der Waals surface area contributed by atoms with Crippen LogP contribution in [0, 0.1) is 0 Å². The van der Waals surface area contributed by atoms with Gasteiger partial charge in [0, 0.05) is 33.2 Å². The number of hydrogen-bond acceptors (Lipinski definition) is 6. The van der Waals surface area contributed by atoms with Crippen LogP contribution in [0.15, 0.2) is 64.0 Å². The van der Waals surface area contributed by atoms with E-state index in [1.165, 1.54) is 12.7 Å². The molecule has 1 fully saturated rings. The average Bonchev–Trinajstić information content (AvgIpc) is 3.20. The molecule has 3 aromatic rings. The van der Waals surface area contributed by atoms with E-state index >= 15 is 0 Å². The molecule has 0 unspecified atom stereocenters. The van der Waals surface area contributed by atoms with Crippen LogP contribution >= 0.6 is 50.9 Å². The summed E-state index contributed by atoms with van der Waals surface area (Å²) in [6.45, 7) is 0.905. The zero-order valence-corrected chi connectivity index (χ0v) is 25.2. The lowest BCUT2D eigenvalue weighted by Crippen LogP contribution is -2.44. The Hall–Kier alpha value is -2.98. The summed E-state index contributed by atoms with van der Waals surface area (Å²) in [5.74, 6) is 0.117. The fourth-order valence-electron chi connectivity index (χ4n) is 4.45. The molecule has 3 aromatic carbocycles. The number of carbonyl (C=O) groups is 3. The van der Waals surface area contributed by atoms with E-state index in [4.69, 9.17) is 32.7 Å². The molecular formula is C29H23BrCl2N2O5S. The van der Waals surface area contributed by atoms with Crippen LogP contribution in [-0.2, 0) is 29.2 Å². The molecule has 0 bridgehead atoms. The van der Waals surface area contributed by atoms with Gasteiger partial charge in [-0.05, 0) is 65.2 Å². The number of fused-ring (bicyclic) bond motifs is 1. The predicted molar refractivity (Wildman–Crippen MR) is 160 cm³/mol. The highest BCUT2D eigenvalue weighted by Gasteiger charge is 2.37. The third-order valence-electron chi connectivity index (χ3n) is 6.62. The van der Waals surface area contributed by atoms with Gasteiger partial charge in [-0.2, -0.15) is 0 Å². The Morgan fingerprint density at radius 2 is 1.85 bits per heavy atom. The van der Waals surface area contributed by atoms with Crippen LogP contribution in [-0.4, -0.2) is 47.1 Å². The first-order chi connectivity index (χ1) is 19.2. The summed E-state index contributed by atoms with van der Waals surface area (Å²) in [7, 11) is 1.51. The second kappa shape index (κ2) is 12.3. The minimum Gasteiger partial charge on any atom is -0.493 e. The molecule has 11 heteroatoms. The number of benzene rings is 3. The van der Waals surface area contributed by atoms with Crippen molar-refractivity contribution in [2.24, 2.45) is 0 Å². The molecule has 206 valence electrons. The van der Waals surface area contributed by atoms with Crippen molar-refractivity contribution >= 4 is 74.0 Å². The molecule has 0 radical (unpaired) electrons. The molecule has 0 N–H and O–H groups in total. The van der Waals surface area contributed by atoms with Gasteiger partial charge < -0.3 is 14.4 Å². The number of amides is 3. The van der Waals surface area contributed by atoms with Crippen molar-refractivity contribution in [2.45, 2.75) is 19.6 Å². The fourth-order valence-corrected chi connectivity index (χ4v) is 6.18. The molecule has 3 amide bonds. The lowest BCUT2D eigenvalue weighted by atomic mass is 10.00. The number of thioether (sulfide) groups is 1. The van der Waals surface area contributed by atoms with Gasteiger partial charge in [-0.25, -0.2) is 0 Å². The van der Waals surface area contributed by atoms with E-state index in [9.17, 15) is 14.4 Å². The molecule has 2 heterocycles. The molecule has 5 rings (SSSR count). The summed E-state index contributed by atoms with van der Waals surface area (Å²) in [5.41, 5.74) is 3.66. The molecule has 0 saturated carbocycles. The maximum atomic E-state index is 13.1. The Morgan fingerprint density at radius 3 is 2.60 bits per heavy atom. The first kappa shape index (κ1) is 28.5. The highest BCUT2D eigenvalue weighted by atomic mass is 79.9. The van der Waals surface area contributed by atoms with Crippen molar-refractivity contribution in [1.29, 1.82) is 0 Å². The molecule has 2 aliphatic heterocycles. The molecule has 0 atom stereocenters. The van der Waals surface area contributed by atoms with E-state index < -0.39 is 11.1 Å². The minimum absolute atomic E-state index is 0.188. The first-order valence-electron chi connectivity index (χ1n) is 12.3. The van der Waals surface area contributed by atoms with Gasteiger partial charge in [0.15, 0.2) is 11.5 Å². The zero-order chi connectivity index (χ0) is 28.4. The quantitative estimate of drug-likeness (QED) is 0.255. The minimum atomic E-state index is -0.510. The van der Waals surface area contributed by atoms with E-state index in [0.717, 1.165) is 34.2 Å². The average molecular weight is 662 g/mol. The highest BCUT2D eigenvalue weighted by molar-refractivity contribution is 9.10. The van der Waals surface area contributed by atoms with Crippen LogP contribution in [0.3, 0.4) is 0 Å². The van der Waals surface area contributed by atoms with Gasteiger partial charge in [-0.15, -0.1) is 0 Å². The van der Waals surface area contributed by atoms with Crippen LogP contribution in [0.4, 0.5) is 4.79 Å². The third-order valence-corrected chi connectivity index (χ3v) is 8.80. The van der Waals surface area contributed by atoms with E-state index in [1.54, 1.807) is 41.3 Å². The van der Waals surface area contributed by atoms with Gasteiger partial charge in [0.05, 0.1) is 12.0 Å². The van der Waals surface area contributed by atoms with Gasteiger partial charge >= 0.3 is 0 Å². The molecule has 7 nitrogen and oxygen atoms in total. The topological polar surface area (TPSA) is 76.2 Å². The summed E-state index contributed by atoms with van der Waals surface area (Å²) in [4.78, 5) is 41.7. The van der Waals surface area contributed by atoms with Crippen molar-refractivity contribution in [3.63, 3.8) is 0 Å². The van der Waals surface area contributed by atoms with E-state index in [2.05, 4.69) is 22.0 Å². The molecule has 2 aliphatic rings. The summed E-state index contributed by atoms with van der Waals surface area (Å²) in [6, 6.07) is 16.5. The van der Waals surface area contributed by atoms with Crippen molar-refractivity contribution in [1.82, 2.24) is 9.80 Å². The molecule has 0 spiro atoms. The lowest BCUT2D eigenvalue weighted by molar-refractivity contribution is -0.136. The molecule has 0 aromatic heterocycles. The second-order valence-electron chi connectivity index (χ2n) is 9.15. The number of rotatable bonds is 7. The van der Waals surface area contributed by atoms with Crippen molar-refractivity contribution < 1.29 is 23.9 Å². The molecule has 40 heavy (non-hydrogen) atoms. The van der Waals surface area contributed by atoms with E-state index in [1.807, 2.05) is 18.2 Å². The summed E-state index contributed by atoms with van der Waals surface area (Å²) < 4.78 is 12.1. The summed E-state index contributed by atoms with van der Waals surface area (Å²) in [6.07, 6.45) is 2.34. The number of hydrogen-bond donors (Lipinski definition) is 0. The van der Waals surface area contributed by atoms with Crippen molar-refractivity contribution in [3.05, 3.63) is 96.3 Å². The van der Waals surface area contributed by atoms with Gasteiger partial charge in [0.25, 0.3) is 11.1 Å². The first-order valence-corrected chi connectivity index (χ1v) is 14.6. The molecular weight excluding hydrogens is 639 g/mol. The monoisotopic (exact) mass is 660 g/mol. The van der Waals surface area contributed by atoms with Crippen LogP contribution in [0.5, 0.6) is 11.5 Å². The Balaban J connectivity index is 1.28. The van der Waals surface area contributed by atoms with Crippen molar-refractivity contribution in [3.8, 4) is 11.5 Å². The Labute approximate surface area is 254 Å². The molecule has 0 aliphatic carbocycles. The van der Waals surface area contributed by atoms with E-state index in [-0.39, 0.29) is 24.0 Å². The van der Waals surface area contributed by atoms with Gasteiger partial charge in [0.2, 0.25) is 5.91 Å². The van der Waals surface area contributed by atoms with Gasteiger partial charge in [-0.1, -0.05) is 69.5 Å². The van der Waals surface area contributed by atoms with Gasteiger partial charge in [0.1, 0.15) is 13.2 Å². The number of halogens is 3. The number of nitrogens with zero attached hydrogens (tertiary/aromatic N) is 2. The standard InChI is InChI=1S/C29H23BrCl2N2O5S/c1-38-24-10-20(22(30)13-25(24)39-16-19-6-7-21(31)12-23(19)32)11-26-28(36)34(29(37)40-26)15-27(35)33-9-8-17-4-2-3-5-18(17)14-33/h2-7,10-13H,8-9,14-16H2,1H3/b26-11-. The van der Waals surface area contributed by atoms with Crippen molar-refractivity contribution in [2.75, 3.05) is 20.2 Å². The predicted octanol–water partition coefficient (Wildman–Crippen LogP) is 6.96. The summed E-state index contributed by atoms with van der Waals surface area (Å²) >= 11 is 16.5. The smallest absolute Gasteiger partial charge is 0.294 e. The lowest BCUT2D eigenvalue weighted by Gasteiger charge is -2.29.